The van der Waals surface area contributed by atoms with Crippen LogP contribution in [0.25, 0.3) is 0 Å². The summed E-state index contributed by atoms with van der Waals surface area (Å²) < 4.78 is 5.66. The normalized spacial score (nSPS) is 12.5. The molecule has 1 atom stereocenters. The molecule has 0 radical (unpaired) electrons. The second-order valence-electron chi connectivity index (χ2n) is 4.15. The lowest BCUT2D eigenvalue weighted by Gasteiger charge is -2.16. The highest BCUT2D eigenvalue weighted by Gasteiger charge is 2.10. The summed E-state index contributed by atoms with van der Waals surface area (Å²) in [6, 6.07) is 6.44. The van der Waals surface area contributed by atoms with Crippen LogP contribution in [0.15, 0.2) is 18.2 Å². The van der Waals surface area contributed by atoms with Crippen LogP contribution in [0.5, 0.6) is 5.75 Å². The largest absolute Gasteiger partial charge is 0.494 e. The van der Waals surface area contributed by atoms with Gasteiger partial charge in [0, 0.05) is 0 Å². The zero-order valence-corrected chi connectivity index (χ0v) is 10.6. The summed E-state index contributed by atoms with van der Waals surface area (Å²) in [5, 5.41) is 0. The van der Waals surface area contributed by atoms with Crippen molar-refractivity contribution in [2.24, 2.45) is 5.73 Å². The Kier molecular flexibility index (Phi) is 5.33. The molecular weight excluding hydrogens is 198 g/mol. The highest BCUT2D eigenvalue weighted by molar-refractivity contribution is 5.39. The van der Waals surface area contributed by atoms with Crippen molar-refractivity contribution in [1.82, 2.24) is 0 Å². The molecule has 0 spiro atoms. The van der Waals surface area contributed by atoms with Crippen LogP contribution in [0.2, 0.25) is 0 Å². The van der Waals surface area contributed by atoms with E-state index in [4.69, 9.17) is 10.5 Å². The molecule has 0 aliphatic heterocycles. The average Bonchev–Trinajstić information content (AvgIpc) is 2.31. The number of nitrogens with two attached hydrogens (primary N) is 1. The molecule has 0 saturated heterocycles. The lowest BCUT2D eigenvalue weighted by atomic mass is 9.95. The zero-order chi connectivity index (χ0) is 12.0. The van der Waals surface area contributed by atoms with E-state index < -0.39 is 0 Å². The van der Waals surface area contributed by atoms with E-state index in [2.05, 4.69) is 32.0 Å². The Hall–Kier alpha value is -1.02. The summed E-state index contributed by atoms with van der Waals surface area (Å²) in [5.41, 5.74) is 8.21. The fourth-order valence-electron chi connectivity index (χ4n) is 1.81. The summed E-state index contributed by atoms with van der Waals surface area (Å²) in [5.74, 6) is 1.57. The van der Waals surface area contributed by atoms with Crippen LogP contribution in [0.1, 0.15) is 44.2 Å². The van der Waals surface area contributed by atoms with Gasteiger partial charge in [0.1, 0.15) is 5.75 Å². The monoisotopic (exact) mass is 221 g/mol. The number of rotatable bonds is 6. The molecule has 0 amide bonds. The maximum absolute atomic E-state index is 5.66. The fourth-order valence-corrected chi connectivity index (χ4v) is 1.81. The smallest absolute Gasteiger partial charge is 0.122 e. The van der Waals surface area contributed by atoms with Gasteiger partial charge in [-0.3, -0.25) is 0 Å². The first-order valence-corrected chi connectivity index (χ1v) is 6.18. The minimum absolute atomic E-state index is 0.541. The van der Waals surface area contributed by atoms with E-state index in [0.717, 1.165) is 25.2 Å². The van der Waals surface area contributed by atoms with E-state index in [1.807, 2.05) is 6.92 Å². The minimum Gasteiger partial charge on any atom is -0.494 e. The second-order valence-corrected chi connectivity index (χ2v) is 4.15. The van der Waals surface area contributed by atoms with Crippen molar-refractivity contribution in [3.05, 3.63) is 29.3 Å². The first-order chi connectivity index (χ1) is 7.72. The van der Waals surface area contributed by atoms with Crippen molar-refractivity contribution >= 4 is 0 Å². The van der Waals surface area contributed by atoms with Gasteiger partial charge in [0.05, 0.1) is 6.61 Å². The Bertz CT molecular complexity index is 323. The number of ether oxygens (including phenoxy) is 1. The Labute approximate surface area is 98.8 Å². The van der Waals surface area contributed by atoms with Gasteiger partial charge in [-0.25, -0.2) is 0 Å². The second kappa shape index (κ2) is 6.54. The fraction of sp³-hybridized carbons (Fsp3) is 0.571. The molecule has 0 saturated carbocycles. The molecule has 1 rings (SSSR count). The van der Waals surface area contributed by atoms with Gasteiger partial charge in [-0.05, 0) is 49.4 Å². The molecule has 0 fully saturated rings. The van der Waals surface area contributed by atoms with E-state index in [1.165, 1.54) is 11.1 Å². The van der Waals surface area contributed by atoms with Crippen LogP contribution in [0.4, 0.5) is 0 Å². The van der Waals surface area contributed by atoms with Gasteiger partial charge in [0.25, 0.3) is 0 Å². The third-order valence-corrected chi connectivity index (χ3v) is 2.95. The lowest BCUT2D eigenvalue weighted by molar-refractivity contribution is 0.334. The van der Waals surface area contributed by atoms with Crippen LogP contribution >= 0.6 is 0 Å². The molecule has 2 nitrogen and oxygen atoms in total. The maximum Gasteiger partial charge on any atom is 0.122 e. The van der Waals surface area contributed by atoms with Crippen LogP contribution in [-0.2, 0) is 6.42 Å². The van der Waals surface area contributed by atoms with Crippen molar-refractivity contribution in [1.29, 1.82) is 0 Å². The number of hydrogen-bond acceptors (Lipinski definition) is 2. The van der Waals surface area contributed by atoms with Crippen LogP contribution in [-0.4, -0.2) is 13.2 Å². The lowest BCUT2D eigenvalue weighted by Crippen LogP contribution is -2.05. The Morgan fingerprint density at radius 3 is 2.62 bits per heavy atom. The summed E-state index contributed by atoms with van der Waals surface area (Å²) in [4.78, 5) is 0. The third-order valence-electron chi connectivity index (χ3n) is 2.95. The summed E-state index contributed by atoms with van der Waals surface area (Å²) >= 11 is 0. The van der Waals surface area contributed by atoms with Crippen molar-refractivity contribution in [2.45, 2.75) is 39.5 Å². The van der Waals surface area contributed by atoms with Gasteiger partial charge >= 0.3 is 0 Å². The highest BCUT2D eigenvalue weighted by Crippen LogP contribution is 2.29. The predicted molar refractivity (Wildman–Crippen MR) is 69.1 cm³/mol. The SMILES string of the molecule is CCOc1ccc(CCN)cc1C(C)CC. The molecule has 0 aromatic heterocycles. The number of benzene rings is 1. The molecule has 0 aliphatic rings. The third kappa shape index (κ3) is 3.24. The van der Waals surface area contributed by atoms with E-state index in [0.29, 0.717) is 12.5 Å². The molecule has 2 heteroatoms. The maximum atomic E-state index is 5.66. The van der Waals surface area contributed by atoms with Gasteiger partial charge in [0.15, 0.2) is 0 Å². The summed E-state index contributed by atoms with van der Waals surface area (Å²) in [6.07, 6.45) is 2.07. The molecule has 16 heavy (non-hydrogen) atoms. The van der Waals surface area contributed by atoms with Crippen LogP contribution < -0.4 is 10.5 Å². The van der Waals surface area contributed by atoms with Gasteiger partial charge in [0.2, 0.25) is 0 Å². The molecule has 2 N–H and O–H groups in total. The number of hydrogen-bond donors (Lipinski definition) is 1. The summed E-state index contributed by atoms with van der Waals surface area (Å²) in [7, 11) is 0. The molecular formula is C14H23NO. The van der Waals surface area contributed by atoms with Gasteiger partial charge in [-0.15, -0.1) is 0 Å². The van der Waals surface area contributed by atoms with Gasteiger partial charge in [-0.1, -0.05) is 26.0 Å². The quantitative estimate of drug-likeness (QED) is 0.801. The van der Waals surface area contributed by atoms with Crippen molar-refractivity contribution in [3.8, 4) is 5.75 Å². The molecule has 1 unspecified atom stereocenters. The van der Waals surface area contributed by atoms with E-state index in [-0.39, 0.29) is 0 Å². The Morgan fingerprint density at radius 2 is 2.06 bits per heavy atom. The van der Waals surface area contributed by atoms with Gasteiger partial charge < -0.3 is 10.5 Å². The average molecular weight is 221 g/mol. The molecule has 0 aliphatic carbocycles. The van der Waals surface area contributed by atoms with E-state index in [9.17, 15) is 0 Å². The Morgan fingerprint density at radius 1 is 1.31 bits per heavy atom. The van der Waals surface area contributed by atoms with E-state index in [1.54, 1.807) is 0 Å². The molecule has 1 aromatic carbocycles. The Balaban J connectivity index is 3.00. The molecule has 0 heterocycles. The molecule has 1 aromatic rings. The molecule has 0 bridgehead atoms. The van der Waals surface area contributed by atoms with Crippen LogP contribution in [0.3, 0.4) is 0 Å². The van der Waals surface area contributed by atoms with Crippen molar-refractivity contribution in [3.63, 3.8) is 0 Å². The first kappa shape index (κ1) is 13.0. The van der Waals surface area contributed by atoms with Crippen molar-refractivity contribution < 1.29 is 4.74 Å². The van der Waals surface area contributed by atoms with Gasteiger partial charge in [-0.2, -0.15) is 0 Å². The minimum atomic E-state index is 0.541. The highest BCUT2D eigenvalue weighted by atomic mass is 16.5. The zero-order valence-electron chi connectivity index (χ0n) is 10.6. The van der Waals surface area contributed by atoms with E-state index >= 15 is 0 Å². The topological polar surface area (TPSA) is 35.2 Å². The molecule has 90 valence electrons. The summed E-state index contributed by atoms with van der Waals surface area (Å²) in [6.45, 7) is 7.89. The first-order valence-electron chi connectivity index (χ1n) is 6.18. The predicted octanol–water partition coefficient (Wildman–Crippen LogP) is 3.10. The standard InChI is InChI=1S/C14H23NO/c1-4-11(3)13-10-12(8-9-15)6-7-14(13)16-5-2/h6-7,10-11H,4-5,8-9,15H2,1-3H3. The van der Waals surface area contributed by atoms with Crippen molar-refractivity contribution in [2.75, 3.05) is 13.2 Å². The van der Waals surface area contributed by atoms with Crippen LogP contribution in [0, 0.1) is 0 Å².